The average molecular weight is 273 g/mol. The van der Waals surface area contributed by atoms with Crippen molar-refractivity contribution in [1.82, 2.24) is 20.2 Å². The number of ether oxygens (including phenoxy) is 1. The normalized spacial score (nSPS) is 14.6. The molecule has 0 aliphatic heterocycles. The summed E-state index contributed by atoms with van der Waals surface area (Å²) in [7, 11) is 0. The molecule has 1 aromatic heterocycles. The first kappa shape index (κ1) is 13.1. The van der Waals surface area contributed by atoms with Crippen LogP contribution < -0.4 is 5.73 Å². The number of tetrazole rings is 1. The summed E-state index contributed by atoms with van der Waals surface area (Å²) in [6.45, 7) is 2.43. The lowest BCUT2D eigenvalue weighted by Crippen LogP contribution is -2.07. The number of hydrogen-bond donors (Lipinski definition) is 1. The molecule has 1 heterocycles. The first-order chi connectivity index (χ1) is 9.83. The van der Waals surface area contributed by atoms with E-state index in [2.05, 4.69) is 15.5 Å². The molecule has 20 heavy (non-hydrogen) atoms. The maximum Gasteiger partial charge on any atom is 0.182 e. The average Bonchev–Trinajstić information content (AvgIpc) is 3.16. The van der Waals surface area contributed by atoms with E-state index in [1.54, 1.807) is 0 Å². The Morgan fingerprint density at radius 1 is 1.25 bits per heavy atom. The number of aryl methyl sites for hydroxylation is 1. The number of nitrogen functional groups attached to an aromatic ring is 1. The van der Waals surface area contributed by atoms with Gasteiger partial charge in [0.25, 0.3) is 0 Å². The van der Waals surface area contributed by atoms with Crippen LogP contribution in [-0.4, -0.2) is 33.4 Å². The van der Waals surface area contributed by atoms with E-state index >= 15 is 0 Å². The van der Waals surface area contributed by atoms with Crippen LogP contribution in [-0.2, 0) is 11.3 Å². The van der Waals surface area contributed by atoms with Gasteiger partial charge in [-0.1, -0.05) is 0 Å². The minimum Gasteiger partial charge on any atom is -0.399 e. The van der Waals surface area contributed by atoms with E-state index in [0.29, 0.717) is 0 Å². The molecule has 3 rings (SSSR count). The fourth-order valence-electron chi connectivity index (χ4n) is 2.05. The van der Waals surface area contributed by atoms with Crippen LogP contribution in [0.25, 0.3) is 11.4 Å². The molecule has 6 nitrogen and oxygen atoms in total. The van der Waals surface area contributed by atoms with Crippen LogP contribution in [0.5, 0.6) is 0 Å². The van der Waals surface area contributed by atoms with Gasteiger partial charge in [-0.2, -0.15) is 0 Å². The van der Waals surface area contributed by atoms with Gasteiger partial charge in [0.1, 0.15) is 0 Å². The van der Waals surface area contributed by atoms with Gasteiger partial charge in [-0.05, 0) is 59.9 Å². The Morgan fingerprint density at radius 3 is 2.80 bits per heavy atom. The first-order valence-corrected chi connectivity index (χ1v) is 7.03. The minimum absolute atomic E-state index is 0.737. The second-order valence-electron chi connectivity index (χ2n) is 5.22. The molecule has 106 valence electrons. The molecule has 2 N–H and O–H groups in total. The van der Waals surface area contributed by atoms with Crippen molar-refractivity contribution in [3.63, 3.8) is 0 Å². The Morgan fingerprint density at radius 2 is 2.05 bits per heavy atom. The van der Waals surface area contributed by atoms with Gasteiger partial charge in [0.05, 0.1) is 0 Å². The predicted molar refractivity (Wildman–Crippen MR) is 75.8 cm³/mol. The van der Waals surface area contributed by atoms with Crippen molar-refractivity contribution in [2.75, 3.05) is 18.9 Å². The molecule has 0 atom stereocenters. The number of benzene rings is 1. The molecule has 1 saturated carbocycles. The molecule has 0 spiro atoms. The Balaban J connectivity index is 1.54. The standard InChI is InChI=1S/C14H19N5O/c15-13-6-4-12(5-7-13)14-16-17-18-19(14)8-1-9-20-10-11-2-3-11/h4-7,11H,1-3,8-10,15H2. The van der Waals surface area contributed by atoms with E-state index < -0.39 is 0 Å². The lowest BCUT2D eigenvalue weighted by Gasteiger charge is -2.06. The van der Waals surface area contributed by atoms with Crippen molar-refractivity contribution in [2.24, 2.45) is 5.92 Å². The Kier molecular flexibility index (Phi) is 3.92. The Bertz CT molecular complexity index is 547. The lowest BCUT2D eigenvalue weighted by atomic mass is 10.2. The van der Waals surface area contributed by atoms with Gasteiger partial charge < -0.3 is 10.5 Å². The van der Waals surface area contributed by atoms with E-state index in [4.69, 9.17) is 10.5 Å². The summed E-state index contributed by atoms with van der Waals surface area (Å²) in [4.78, 5) is 0. The summed E-state index contributed by atoms with van der Waals surface area (Å²) >= 11 is 0. The fourth-order valence-corrected chi connectivity index (χ4v) is 2.05. The molecule has 0 bridgehead atoms. The number of nitrogens with zero attached hydrogens (tertiary/aromatic N) is 4. The highest BCUT2D eigenvalue weighted by Gasteiger charge is 2.20. The number of anilines is 1. The molecular formula is C14H19N5O. The van der Waals surface area contributed by atoms with Crippen LogP contribution in [0.2, 0.25) is 0 Å². The van der Waals surface area contributed by atoms with Gasteiger partial charge >= 0.3 is 0 Å². The zero-order valence-corrected chi connectivity index (χ0v) is 11.4. The number of hydrogen-bond acceptors (Lipinski definition) is 5. The van der Waals surface area contributed by atoms with E-state index in [0.717, 1.165) is 49.2 Å². The highest BCUT2D eigenvalue weighted by Crippen LogP contribution is 2.28. The van der Waals surface area contributed by atoms with Gasteiger partial charge in [-0.3, -0.25) is 0 Å². The summed E-state index contributed by atoms with van der Waals surface area (Å²) in [5, 5.41) is 11.9. The van der Waals surface area contributed by atoms with Crippen LogP contribution in [0.1, 0.15) is 19.3 Å². The van der Waals surface area contributed by atoms with Crippen LogP contribution in [0.3, 0.4) is 0 Å². The van der Waals surface area contributed by atoms with Gasteiger partial charge in [0, 0.05) is 31.0 Å². The third kappa shape index (κ3) is 3.33. The van der Waals surface area contributed by atoms with Crippen molar-refractivity contribution in [1.29, 1.82) is 0 Å². The molecule has 1 aliphatic carbocycles. The molecule has 0 amide bonds. The molecular weight excluding hydrogens is 254 g/mol. The minimum atomic E-state index is 0.737. The quantitative estimate of drug-likeness (QED) is 0.614. The highest BCUT2D eigenvalue weighted by molar-refractivity contribution is 5.58. The van der Waals surface area contributed by atoms with Crippen molar-refractivity contribution in [2.45, 2.75) is 25.8 Å². The zero-order chi connectivity index (χ0) is 13.8. The summed E-state index contributed by atoms with van der Waals surface area (Å²) in [5.74, 6) is 1.58. The van der Waals surface area contributed by atoms with E-state index in [1.165, 1.54) is 12.8 Å². The second-order valence-corrected chi connectivity index (χ2v) is 5.22. The van der Waals surface area contributed by atoms with E-state index in [1.807, 2.05) is 28.9 Å². The molecule has 0 unspecified atom stereocenters. The number of rotatable bonds is 7. The van der Waals surface area contributed by atoms with Gasteiger partial charge in [-0.25, -0.2) is 4.68 Å². The van der Waals surface area contributed by atoms with Crippen molar-refractivity contribution in [3.8, 4) is 11.4 Å². The molecule has 0 saturated heterocycles. The number of aromatic nitrogens is 4. The van der Waals surface area contributed by atoms with Crippen LogP contribution in [0.4, 0.5) is 5.69 Å². The van der Waals surface area contributed by atoms with E-state index in [-0.39, 0.29) is 0 Å². The lowest BCUT2D eigenvalue weighted by molar-refractivity contribution is 0.118. The number of nitrogens with two attached hydrogens (primary N) is 1. The van der Waals surface area contributed by atoms with Crippen LogP contribution in [0, 0.1) is 5.92 Å². The maximum atomic E-state index is 5.69. The maximum absolute atomic E-state index is 5.69. The molecule has 2 aromatic rings. The van der Waals surface area contributed by atoms with E-state index in [9.17, 15) is 0 Å². The van der Waals surface area contributed by atoms with Gasteiger partial charge in [0.15, 0.2) is 5.82 Å². The summed E-state index contributed by atoms with van der Waals surface area (Å²) < 4.78 is 7.43. The van der Waals surface area contributed by atoms with Crippen LogP contribution in [0.15, 0.2) is 24.3 Å². The van der Waals surface area contributed by atoms with Gasteiger partial charge in [-0.15, -0.1) is 5.10 Å². The zero-order valence-electron chi connectivity index (χ0n) is 11.4. The first-order valence-electron chi connectivity index (χ1n) is 7.03. The molecule has 6 heteroatoms. The molecule has 0 radical (unpaired) electrons. The second kappa shape index (κ2) is 6.00. The van der Waals surface area contributed by atoms with Crippen molar-refractivity contribution in [3.05, 3.63) is 24.3 Å². The Hall–Kier alpha value is -1.95. The fraction of sp³-hybridized carbons (Fsp3) is 0.500. The topological polar surface area (TPSA) is 78.9 Å². The van der Waals surface area contributed by atoms with Crippen molar-refractivity contribution < 1.29 is 4.74 Å². The molecule has 1 fully saturated rings. The monoisotopic (exact) mass is 273 g/mol. The van der Waals surface area contributed by atoms with Gasteiger partial charge in [0.2, 0.25) is 0 Å². The highest BCUT2D eigenvalue weighted by atomic mass is 16.5. The Labute approximate surface area is 117 Å². The third-order valence-corrected chi connectivity index (χ3v) is 3.41. The molecule has 1 aliphatic rings. The third-order valence-electron chi connectivity index (χ3n) is 3.41. The summed E-state index contributed by atoms with van der Waals surface area (Å²) in [6, 6.07) is 7.57. The van der Waals surface area contributed by atoms with Crippen LogP contribution >= 0.6 is 0 Å². The molecule has 1 aromatic carbocycles. The van der Waals surface area contributed by atoms with Crippen molar-refractivity contribution >= 4 is 5.69 Å². The summed E-state index contributed by atoms with van der Waals surface area (Å²) in [5.41, 5.74) is 7.40. The summed E-state index contributed by atoms with van der Waals surface area (Å²) in [6.07, 6.45) is 3.57. The predicted octanol–water partition coefficient (Wildman–Crippen LogP) is 1.74. The SMILES string of the molecule is Nc1ccc(-c2nnnn2CCCOCC2CC2)cc1. The smallest absolute Gasteiger partial charge is 0.182 e. The largest absolute Gasteiger partial charge is 0.399 e.